The van der Waals surface area contributed by atoms with Crippen molar-refractivity contribution in [3.05, 3.63) is 46.5 Å². The molecule has 1 N–H and O–H groups in total. The Hall–Kier alpha value is -3.03. The third kappa shape index (κ3) is 2.25. The largest absolute Gasteiger partial charge is 0.319 e. The lowest BCUT2D eigenvalue weighted by Crippen LogP contribution is -2.46. The minimum atomic E-state index is -1.03. The van der Waals surface area contributed by atoms with Crippen LogP contribution in [-0.4, -0.2) is 33.6 Å². The van der Waals surface area contributed by atoms with Crippen LogP contribution in [0, 0.1) is 33.8 Å². The summed E-state index contributed by atoms with van der Waals surface area (Å²) in [4.78, 5) is 49.6. The molecule has 1 saturated carbocycles. The van der Waals surface area contributed by atoms with Crippen LogP contribution in [0.2, 0.25) is 0 Å². The van der Waals surface area contributed by atoms with E-state index in [9.17, 15) is 24.5 Å². The SMILES string of the molecule is CC(C(=O)Nc1ccccc1[N+](=O)[O-])N1C(=O)C2C3C=CC(C3)C2C1=O. The molecular weight excluding hydrogens is 338 g/mol. The number of likely N-dealkylation sites (tertiary alicyclic amines) is 1. The van der Waals surface area contributed by atoms with Gasteiger partial charge in [0.2, 0.25) is 17.7 Å². The molecule has 3 amide bonds. The number of carbonyl (C=O) groups is 3. The number of imide groups is 1. The highest BCUT2D eigenvalue weighted by Gasteiger charge is 2.60. The standard InChI is InChI=1S/C18H17N3O5/c1-9(16(22)19-12-4-2-3-5-13(12)21(25)26)20-17(23)14-10-6-7-11(8-10)15(14)18(20)24/h2-7,9-11,14-15H,8H2,1H3,(H,19,22). The molecule has 0 radical (unpaired) electrons. The van der Waals surface area contributed by atoms with Crippen LogP contribution in [0.4, 0.5) is 11.4 Å². The Morgan fingerprint density at radius 1 is 1.19 bits per heavy atom. The van der Waals surface area contributed by atoms with Gasteiger partial charge in [0.25, 0.3) is 5.69 Å². The zero-order valence-corrected chi connectivity index (χ0v) is 14.0. The monoisotopic (exact) mass is 355 g/mol. The minimum absolute atomic E-state index is 0.0374. The van der Waals surface area contributed by atoms with Gasteiger partial charge < -0.3 is 5.32 Å². The minimum Gasteiger partial charge on any atom is -0.319 e. The van der Waals surface area contributed by atoms with Gasteiger partial charge in [-0.3, -0.25) is 29.4 Å². The first kappa shape index (κ1) is 16.4. The molecule has 1 heterocycles. The van der Waals surface area contributed by atoms with E-state index in [4.69, 9.17) is 0 Å². The molecule has 0 spiro atoms. The number of amides is 3. The van der Waals surface area contributed by atoms with Crippen molar-refractivity contribution in [3.63, 3.8) is 0 Å². The van der Waals surface area contributed by atoms with E-state index in [0.29, 0.717) is 0 Å². The zero-order chi connectivity index (χ0) is 18.6. The van der Waals surface area contributed by atoms with Crippen LogP contribution in [-0.2, 0) is 14.4 Å². The summed E-state index contributed by atoms with van der Waals surface area (Å²) in [6.45, 7) is 1.47. The maximum atomic E-state index is 12.7. The number of anilines is 1. The number of rotatable bonds is 4. The topological polar surface area (TPSA) is 110 Å². The van der Waals surface area contributed by atoms with Crippen LogP contribution in [0.3, 0.4) is 0 Å². The van der Waals surface area contributed by atoms with Gasteiger partial charge in [0.15, 0.2) is 0 Å². The number of hydrogen-bond donors (Lipinski definition) is 1. The molecule has 2 fully saturated rings. The summed E-state index contributed by atoms with van der Waals surface area (Å²) in [5.74, 6) is -1.88. The number of allylic oxidation sites excluding steroid dienone is 2. The van der Waals surface area contributed by atoms with Crippen molar-refractivity contribution in [2.75, 3.05) is 5.32 Å². The lowest BCUT2D eigenvalue weighted by molar-refractivity contribution is -0.383. The zero-order valence-electron chi connectivity index (χ0n) is 14.0. The number of benzene rings is 1. The number of nitro groups is 1. The Labute approximate surface area is 149 Å². The second-order valence-electron chi connectivity index (χ2n) is 6.99. The van der Waals surface area contributed by atoms with Crippen LogP contribution < -0.4 is 5.32 Å². The molecule has 1 aromatic carbocycles. The van der Waals surface area contributed by atoms with E-state index in [1.807, 2.05) is 12.2 Å². The van der Waals surface area contributed by atoms with E-state index in [1.165, 1.54) is 25.1 Å². The van der Waals surface area contributed by atoms with Crippen molar-refractivity contribution < 1.29 is 19.3 Å². The average molecular weight is 355 g/mol. The molecule has 8 heteroatoms. The lowest BCUT2D eigenvalue weighted by atomic mass is 9.85. The molecular formula is C18H17N3O5. The molecule has 0 aromatic heterocycles. The molecule has 5 unspecified atom stereocenters. The highest BCUT2D eigenvalue weighted by atomic mass is 16.6. The van der Waals surface area contributed by atoms with E-state index in [1.54, 1.807) is 6.07 Å². The lowest BCUT2D eigenvalue weighted by Gasteiger charge is -2.23. The number of nitro benzene ring substituents is 1. The first-order chi connectivity index (χ1) is 12.4. The summed E-state index contributed by atoms with van der Waals surface area (Å²) >= 11 is 0. The number of fused-ring (bicyclic) bond motifs is 5. The summed E-state index contributed by atoms with van der Waals surface area (Å²) in [7, 11) is 0. The van der Waals surface area contributed by atoms with Gasteiger partial charge in [0, 0.05) is 6.07 Å². The van der Waals surface area contributed by atoms with E-state index in [-0.39, 0.29) is 46.9 Å². The van der Waals surface area contributed by atoms with Crippen molar-refractivity contribution in [2.24, 2.45) is 23.7 Å². The number of carbonyl (C=O) groups excluding carboxylic acids is 3. The van der Waals surface area contributed by atoms with Gasteiger partial charge in [-0.2, -0.15) is 0 Å². The summed E-state index contributed by atoms with van der Waals surface area (Å²) in [6.07, 6.45) is 4.79. The van der Waals surface area contributed by atoms with Gasteiger partial charge >= 0.3 is 0 Å². The van der Waals surface area contributed by atoms with Crippen molar-refractivity contribution >= 4 is 29.1 Å². The van der Waals surface area contributed by atoms with Gasteiger partial charge in [0.05, 0.1) is 16.8 Å². The predicted molar refractivity (Wildman–Crippen MR) is 90.8 cm³/mol. The van der Waals surface area contributed by atoms with Gasteiger partial charge in [-0.25, -0.2) is 0 Å². The molecule has 8 nitrogen and oxygen atoms in total. The predicted octanol–water partition coefficient (Wildman–Crippen LogP) is 1.73. The van der Waals surface area contributed by atoms with Crippen molar-refractivity contribution in [1.29, 1.82) is 0 Å². The normalized spacial score (nSPS) is 29.8. The smallest absolute Gasteiger partial charge is 0.292 e. The van der Waals surface area contributed by atoms with Crippen LogP contribution in [0.15, 0.2) is 36.4 Å². The Bertz CT molecular complexity index is 834. The van der Waals surface area contributed by atoms with Gasteiger partial charge in [-0.15, -0.1) is 0 Å². The maximum Gasteiger partial charge on any atom is 0.292 e. The molecule has 134 valence electrons. The summed E-state index contributed by atoms with van der Waals surface area (Å²) in [5.41, 5.74) is -0.207. The number of nitrogens with one attached hydrogen (secondary N) is 1. The summed E-state index contributed by atoms with van der Waals surface area (Å²) in [6, 6.07) is 4.72. The molecule has 2 aliphatic carbocycles. The summed E-state index contributed by atoms with van der Waals surface area (Å²) < 4.78 is 0. The van der Waals surface area contributed by atoms with Crippen LogP contribution in [0.1, 0.15) is 13.3 Å². The molecule has 1 saturated heterocycles. The van der Waals surface area contributed by atoms with E-state index in [2.05, 4.69) is 5.32 Å². The molecule has 4 rings (SSSR count). The van der Waals surface area contributed by atoms with Crippen molar-refractivity contribution in [2.45, 2.75) is 19.4 Å². The van der Waals surface area contributed by atoms with Crippen LogP contribution in [0.25, 0.3) is 0 Å². The second kappa shape index (κ2) is 5.76. The maximum absolute atomic E-state index is 12.7. The third-order valence-corrected chi connectivity index (χ3v) is 5.63. The molecule has 1 aromatic rings. The number of nitrogens with zero attached hydrogens (tertiary/aromatic N) is 2. The fraction of sp³-hybridized carbons (Fsp3) is 0.389. The fourth-order valence-corrected chi connectivity index (χ4v) is 4.40. The van der Waals surface area contributed by atoms with Crippen LogP contribution in [0.5, 0.6) is 0 Å². The number of hydrogen-bond acceptors (Lipinski definition) is 5. The molecule has 2 bridgehead atoms. The van der Waals surface area contributed by atoms with Gasteiger partial charge in [-0.1, -0.05) is 24.3 Å². The molecule has 5 atom stereocenters. The first-order valence-corrected chi connectivity index (χ1v) is 8.49. The van der Waals surface area contributed by atoms with Gasteiger partial charge in [-0.05, 0) is 31.2 Å². The third-order valence-electron chi connectivity index (χ3n) is 5.63. The Morgan fingerprint density at radius 3 is 2.35 bits per heavy atom. The Balaban J connectivity index is 1.54. The summed E-state index contributed by atoms with van der Waals surface area (Å²) in [5, 5.41) is 13.5. The highest BCUT2D eigenvalue weighted by molar-refractivity contribution is 6.10. The van der Waals surface area contributed by atoms with Crippen molar-refractivity contribution in [1.82, 2.24) is 4.90 Å². The molecule has 1 aliphatic heterocycles. The highest BCUT2D eigenvalue weighted by Crippen LogP contribution is 2.52. The molecule has 3 aliphatic rings. The first-order valence-electron chi connectivity index (χ1n) is 8.49. The Kier molecular flexibility index (Phi) is 3.64. The number of para-hydroxylation sites is 2. The van der Waals surface area contributed by atoms with Crippen molar-refractivity contribution in [3.8, 4) is 0 Å². The van der Waals surface area contributed by atoms with Crippen LogP contribution >= 0.6 is 0 Å². The quantitative estimate of drug-likeness (QED) is 0.383. The Morgan fingerprint density at radius 2 is 1.77 bits per heavy atom. The molecule has 26 heavy (non-hydrogen) atoms. The van der Waals surface area contributed by atoms with E-state index < -0.39 is 16.9 Å². The second-order valence-corrected chi connectivity index (χ2v) is 6.99. The van der Waals surface area contributed by atoms with E-state index >= 15 is 0 Å². The van der Waals surface area contributed by atoms with E-state index in [0.717, 1.165) is 11.3 Å². The van der Waals surface area contributed by atoms with Gasteiger partial charge in [0.1, 0.15) is 11.7 Å². The fourth-order valence-electron chi connectivity index (χ4n) is 4.40. The average Bonchev–Trinajstić information content (AvgIpc) is 3.28.